The van der Waals surface area contributed by atoms with Crippen molar-refractivity contribution in [2.45, 2.75) is 6.54 Å². The number of hydrogen-bond acceptors (Lipinski definition) is 2. The third-order valence-corrected chi connectivity index (χ3v) is 2.79. The van der Waals surface area contributed by atoms with Crippen molar-refractivity contribution in [1.82, 2.24) is 0 Å². The van der Waals surface area contributed by atoms with E-state index < -0.39 is 0 Å². The molecule has 0 bridgehead atoms. The van der Waals surface area contributed by atoms with Crippen molar-refractivity contribution in [1.29, 1.82) is 0 Å². The molecule has 0 aliphatic rings. The minimum absolute atomic E-state index is 0.608. The fraction of sp³-hybridized carbons (Fsp3) is 0.0909. The highest BCUT2D eigenvalue weighted by molar-refractivity contribution is 7.13. The second-order valence-electron chi connectivity index (χ2n) is 2.82. The van der Waals surface area contributed by atoms with Crippen LogP contribution < -0.4 is 5.73 Å². The van der Waals surface area contributed by atoms with Gasteiger partial charge in [-0.15, -0.1) is 11.3 Å². The van der Waals surface area contributed by atoms with Crippen molar-refractivity contribution in [3.63, 3.8) is 0 Å². The topological polar surface area (TPSA) is 26.0 Å². The molecule has 1 radical (unpaired) electrons. The third-order valence-electron chi connectivity index (χ3n) is 1.95. The molecule has 0 fully saturated rings. The Kier molecular flexibility index (Phi) is 2.43. The van der Waals surface area contributed by atoms with Gasteiger partial charge in [-0.05, 0) is 23.3 Å². The summed E-state index contributed by atoms with van der Waals surface area (Å²) < 4.78 is 0. The van der Waals surface area contributed by atoms with Gasteiger partial charge in [0.05, 0.1) is 0 Å². The van der Waals surface area contributed by atoms with E-state index in [-0.39, 0.29) is 0 Å². The van der Waals surface area contributed by atoms with Crippen LogP contribution in [0.2, 0.25) is 0 Å². The summed E-state index contributed by atoms with van der Waals surface area (Å²) in [6, 6.07) is 12.3. The lowest BCUT2D eigenvalue weighted by atomic mass is 10.1. The Morgan fingerprint density at radius 3 is 2.46 bits per heavy atom. The molecule has 0 aliphatic carbocycles. The molecule has 2 N–H and O–H groups in total. The summed E-state index contributed by atoms with van der Waals surface area (Å²) in [6.07, 6.45) is 0. The van der Waals surface area contributed by atoms with Crippen molar-refractivity contribution in [3.05, 3.63) is 47.3 Å². The zero-order valence-electron chi connectivity index (χ0n) is 7.16. The first-order valence-electron chi connectivity index (χ1n) is 4.15. The van der Waals surface area contributed by atoms with Gasteiger partial charge in [-0.3, -0.25) is 0 Å². The minimum Gasteiger partial charge on any atom is -0.326 e. The maximum absolute atomic E-state index is 5.52. The molecular formula is C11H10NS. The Hall–Kier alpha value is -1.12. The van der Waals surface area contributed by atoms with Crippen molar-refractivity contribution < 1.29 is 0 Å². The van der Waals surface area contributed by atoms with E-state index >= 15 is 0 Å². The summed E-state index contributed by atoms with van der Waals surface area (Å²) in [5.74, 6) is 0. The normalized spacial score (nSPS) is 10.2. The molecule has 0 spiro atoms. The summed E-state index contributed by atoms with van der Waals surface area (Å²) in [5, 5.41) is 3.07. The minimum atomic E-state index is 0.608. The molecule has 1 heterocycles. The molecule has 1 aromatic heterocycles. The largest absolute Gasteiger partial charge is 0.326 e. The van der Waals surface area contributed by atoms with Crippen molar-refractivity contribution in [2.24, 2.45) is 5.73 Å². The Balaban J connectivity index is 2.33. The predicted molar refractivity (Wildman–Crippen MR) is 56.5 cm³/mol. The van der Waals surface area contributed by atoms with Gasteiger partial charge in [0, 0.05) is 16.8 Å². The molecule has 2 heteroatoms. The summed E-state index contributed by atoms with van der Waals surface area (Å²) in [5.41, 5.74) is 7.92. The standard InChI is InChI=1S/C11H10NS/c12-8-9-3-5-10(6-4-9)11-2-1-7-13-11/h1-6H,8,12H2. The van der Waals surface area contributed by atoms with Gasteiger partial charge in [-0.25, -0.2) is 0 Å². The summed E-state index contributed by atoms with van der Waals surface area (Å²) >= 11 is 1.63. The molecule has 0 aliphatic heterocycles. The van der Waals surface area contributed by atoms with Gasteiger partial charge < -0.3 is 5.73 Å². The van der Waals surface area contributed by atoms with Gasteiger partial charge in [0.25, 0.3) is 0 Å². The fourth-order valence-corrected chi connectivity index (χ4v) is 1.85. The van der Waals surface area contributed by atoms with E-state index in [9.17, 15) is 0 Å². The van der Waals surface area contributed by atoms with E-state index in [1.807, 2.05) is 6.07 Å². The van der Waals surface area contributed by atoms with Crippen LogP contribution in [0.4, 0.5) is 0 Å². The highest BCUT2D eigenvalue weighted by Gasteiger charge is 1.97. The van der Waals surface area contributed by atoms with Crippen LogP contribution in [-0.4, -0.2) is 0 Å². The van der Waals surface area contributed by atoms with Crippen molar-refractivity contribution >= 4 is 11.3 Å². The maximum Gasteiger partial charge on any atom is 0.0449 e. The van der Waals surface area contributed by atoms with E-state index in [2.05, 4.69) is 35.7 Å². The van der Waals surface area contributed by atoms with Crippen LogP contribution in [-0.2, 0) is 6.54 Å². The van der Waals surface area contributed by atoms with Crippen LogP contribution >= 0.6 is 11.3 Å². The lowest BCUT2D eigenvalue weighted by molar-refractivity contribution is 1.07. The van der Waals surface area contributed by atoms with Crippen LogP contribution in [0.1, 0.15) is 5.56 Å². The number of nitrogens with two attached hydrogens (primary N) is 1. The van der Waals surface area contributed by atoms with Gasteiger partial charge in [0.1, 0.15) is 0 Å². The number of thiophene rings is 1. The SMILES string of the molecule is NCc1ccc(-c2cc[c]s2)cc1. The van der Waals surface area contributed by atoms with Gasteiger partial charge in [-0.1, -0.05) is 24.3 Å². The average Bonchev–Trinajstić information content (AvgIpc) is 2.71. The van der Waals surface area contributed by atoms with E-state index in [1.165, 1.54) is 16.0 Å². The lowest BCUT2D eigenvalue weighted by Gasteiger charge is -1.99. The molecule has 1 aromatic carbocycles. The lowest BCUT2D eigenvalue weighted by Crippen LogP contribution is -1.94. The van der Waals surface area contributed by atoms with Gasteiger partial charge in [0.2, 0.25) is 0 Å². The Morgan fingerprint density at radius 1 is 1.15 bits per heavy atom. The van der Waals surface area contributed by atoms with Crippen LogP contribution in [0, 0.1) is 5.38 Å². The number of rotatable bonds is 2. The smallest absolute Gasteiger partial charge is 0.0449 e. The molecule has 13 heavy (non-hydrogen) atoms. The third kappa shape index (κ3) is 1.79. The molecule has 0 amide bonds. The first-order chi connectivity index (χ1) is 6.40. The predicted octanol–water partition coefficient (Wildman–Crippen LogP) is 2.67. The summed E-state index contributed by atoms with van der Waals surface area (Å²) in [7, 11) is 0. The second kappa shape index (κ2) is 3.73. The molecule has 1 nitrogen and oxygen atoms in total. The van der Waals surface area contributed by atoms with Crippen LogP contribution in [0.25, 0.3) is 10.4 Å². The second-order valence-corrected chi connectivity index (χ2v) is 3.70. The zero-order valence-corrected chi connectivity index (χ0v) is 7.97. The number of hydrogen-bond donors (Lipinski definition) is 1. The van der Waals surface area contributed by atoms with E-state index in [1.54, 1.807) is 11.3 Å². The first-order valence-corrected chi connectivity index (χ1v) is 4.97. The van der Waals surface area contributed by atoms with Crippen molar-refractivity contribution in [2.75, 3.05) is 0 Å². The highest BCUT2D eigenvalue weighted by atomic mass is 32.1. The van der Waals surface area contributed by atoms with Gasteiger partial charge in [-0.2, -0.15) is 0 Å². The molecule has 0 unspecified atom stereocenters. The molecule has 0 atom stereocenters. The van der Waals surface area contributed by atoms with Crippen LogP contribution in [0.15, 0.2) is 36.4 Å². The molecule has 0 saturated heterocycles. The monoisotopic (exact) mass is 188 g/mol. The first kappa shape index (κ1) is 8.48. The molecule has 65 valence electrons. The number of benzene rings is 1. The van der Waals surface area contributed by atoms with E-state index in [4.69, 9.17) is 5.73 Å². The molecule has 2 rings (SSSR count). The Labute approximate surface area is 81.8 Å². The van der Waals surface area contributed by atoms with E-state index in [0.717, 1.165) is 0 Å². The van der Waals surface area contributed by atoms with Gasteiger partial charge in [0.15, 0.2) is 0 Å². The molecular weight excluding hydrogens is 178 g/mol. The molecule has 2 aromatic rings. The maximum atomic E-state index is 5.52. The summed E-state index contributed by atoms with van der Waals surface area (Å²) in [6.45, 7) is 0.608. The highest BCUT2D eigenvalue weighted by Crippen LogP contribution is 2.23. The molecule has 0 saturated carbocycles. The zero-order chi connectivity index (χ0) is 9.10. The summed E-state index contributed by atoms with van der Waals surface area (Å²) in [4.78, 5) is 1.25. The fourth-order valence-electron chi connectivity index (χ4n) is 1.20. The van der Waals surface area contributed by atoms with Crippen LogP contribution in [0.5, 0.6) is 0 Å². The Morgan fingerprint density at radius 2 is 1.92 bits per heavy atom. The van der Waals surface area contributed by atoms with Gasteiger partial charge >= 0.3 is 0 Å². The van der Waals surface area contributed by atoms with E-state index in [0.29, 0.717) is 6.54 Å². The average molecular weight is 188 g/mol. The van der Waals surface area contributed by atoms with Crippen LogP contribution in [0.3, 0.4) is 0 Å². The quantitative estimate of drug-likeness (QED) is 0.770. The van der Waals surface area contributed by atoms with Crippen molar-refractivity contribution in [3.8, 4) is 10.4 Å². The Bertz CT molecular complexity index is 361.